The first-order valence-electron chi connectivity index (χ1n) is 6.16. The van der Waals surface area contributed by atoms with Crippen molar-refractivity contribution < 1.29 is 14.8 Å². The molecule has 20 heavy (non-hydrogen) atoms. The summed E-state index contributed by atoms with van der Waals surface area (Å²) in [5.41, 5.74) is 2.84. The average molecular weight is 295 g/mol. The highest BCUT2D eigenvalue weighted by Gasteiger charge is 2.16. The summed E-state index contributed by atoms with van der Waals surface area (Å²) in [6, 6.07) is 5.01. The van der Waals surface area contributed by atoms with E-state index in [1.807, 2.05) is 13.8 Å². The molecule has 7 heteroatoms. The first-order chi connectivity index (χ1) is 9.43. The number of ether oxygens (including phenoxy) is 1. The molecule has 0 aliphatic heterocycles. The van der Waals surface area contributed by atoms with E-state index in [2.05, 4.69) is 5.10 Å². The minimum absolute atomic E-state index is 0.411. The van der Waals surface area contributed by atoms with Crippen LogP contribution in [0, 0.1) is 13.8 Å². The van der Waals surface area contributed by atoms with Crippen molar-refractivity contribution >= 4 is 24.2 Å². The lowest BCUT2D eigenvalue weighted by Gasteiger charge is -2.12. The van der Waals surface area contributed by atoms with E-state index in [4.69, 9.17) is 16.3 Å². The molecule has 0 saturated heterocycles. The van der Waals surface area contributed by atoms with Crippen molar-refractivity contribution in [2.45, 2.75) is 20.4 Å². The zero-order chi connectivity index (χ0) is 14.9. The van der Waals surface area contributed by atoms with Crippen molar-refractivity contribution in [3.63, 3.8) is 0 Å². The molecule has 0 spiro atoms. The Hall–Kier alpha value is -1.50. The van der Waals surface area contributed by atoms with Gasteiger partial charge in [-0.1, -0.05) is 23.7 Å². The molecular formula is C13H16BClN2O3. The van der Waals surface area contributed by atoms with Gasteiger partial charge in [0.2, 0.25) is 0 Å². The average Bonchev–Trinajstić information content (AvgIpc) is 2.66. The molecule has 2 rings (SSSR count). The maximum atomic E-state index is 9.25. The highest BCUT2D eigenvalue weighted by Crippen LogP contribution is 2.23. The fourth-order valence-corrected chi connectivity index (χ4v) is 2.21. The predicted molar refractivity (Wildman–Crippen MR) is 78.6 cm³/mol. The molecular weight excluding hydrogens is 278 g/mol. The monoisotopic (exact) mass is 294 g/mol. The summed E-state index contributed by atoms with van der Waals surface area (Å²) < 4.78 is 7.06. The van der Waals surface area contributed by atoms with Crippen LogP contribution < -0.4 is 10.2 Å². The molecule has 0 aliphatic carbocycles. The van der Waals surface area contributed by atoms with Crippen LogP contribution in [0.1, 0.15) is 17.0 Å². The Morgan fingerprint density at radius 1 is 1.35 bits per heavy atom. The maximum Gasteiger partial charge on any atom is 0.488 e. The number of nitrogens with zero attached hydrogens (tertiary/aromatic N) is 2. The SMILES string of the molecule is COc1ccc(B(O)O)cc1Cn1nc(C)c(Cl)c1C. The molecule has 0 fully saturated rings. The summed E-state index contributed by atoms with van der Waals surface area (Å²) >= 11 is 6.13. The number of benzene rings is 1. The molecule has 2 aromatic rings. The fourth-order valence-electron chi connectivity index (χ4n) is 2.07. The third kappa shape index (κ3) is 2.82. The molecule has 1 heterocycles. The molecule has 5 nitrogen and oxygen atoms in total. The van der Waals surface area contributed by atoms with E-state index in [1.54, 1.807) is 30.0 Å². The zero-order valence-corrected chi connectivity index (χ0v) is 12.3. The van der Waals surface area contributed by atoms with Crippen LogP contribution in [0.15, 0.2) is 18.2 Å². The topological polar surface area (TPSA) is 67.5 Å². The molecule has 1 aromatic heterocycles. The van der Waals surface area contributed by atoms with Crippen molar-refractivity contribution in [1.82, 2.24) is 9.78 Å². The summed E-state index contributed by atoms with van der Waals surface area (Å²) in [6.07, 6.45) is 0. The lowest BCUT2D eigenvalue weighted by molar-refractivity contribution is 0.406. The Kier molecular flexibility index (Phi) is 4.37. The highest BCUT2D eigenvalue weighted by molar-refractivity contribution is 6.58. The van der Waals surface area contributed by atoms with E-state index in [9.17, 15) is 10.0 Å². The van der Waals surface area contributed by atoms with Gasteiger partial charge in [0.15, 0.2) is 0 Å². The van der Waals surface area contributed by atoms with Crippen molar-refractivity contribution in [2.24, 2.45) is 0 Å². The Morgan fingerprint density at radius 2 is 2.05 bits per heavy atom. The van der Waals surface area contributed by atoms with Crippen LogP contribution in [0.25, 0.3) is 0 Å². The summed E-state index contributed by atoms with van der Waals surface area (Å²) in [5.74, 6) is 0.665. The van der Waals surface area contributed by atoms with Crippen LogP contribution in [0.2, 0.25) is 5.02 Å². The van der Waals surface area contributed by atoms with Crippen molar-refractivity contribution in [3.8, 4) is 5.75 Å². The largest absolute Gasteiger partial charge is 0.496 e. The van der Waals surface area contributed by atoms with Crippen LogP contribution in [0.4, 0.5) is 0 Å². The predicted octanol–water partition coefficient (Wildman–Crippen LogP) is 0.890. The molecule has 2 N–H and O–H groups in total. The fraction of sp³-hybridized carbons (Fsp3) is 0.308. The van der Waals surface area contributed by atoms with Crippen LogP contribution in [-0.2, 0) is 6.54 Å². The van der Waals surface area contributed by atoms with Gasteiger partial charge in [0.05, 0.1) is 30.1 Å². The number of hydrogen-bond donors (Lipinski definition) is 2. The zero-order valence-electron chi connectivity index (χ0n) is 11.6. The van der Waals surface area contributed by atoms with E-state index in [1.165, 1.54) is 0 Å². The molecule has 0 amide bonds. The van der Waals surface area contributed by atoms with E-state index in [-0.39, 0.29) is 0 Å². The minimum Gasteiger partial charge on any atom is -0.496 e. The summed E-state index contributed by atoms with van der Waals surface area (Å²) in [6.45, 7) is 4.18. The number of hydrogen-bond acceptors (Lipinski definition) is 4. The quantitative estimate of drug-likeness (QED) is 0.822. The summed E-state index contributed by atoms with van der Waals surface area (Å²) in [5, 5.41) is 23.5. The van der Waals surface area contributed by atoms with E-state index in [0.717, 1.165) is 17.0 Å². The summed E-state index contributed by atoms with van der Waals surface area (Å²) in [7, 11) is 0.0610. The second kappa shape index (κ2) is 5.87. The normalized spacial score (nSPS) is 10.7. The third-order valence-corrected chi connectivity index (χ3v) is 3.76. The number of methoxy groups -OCH3 is 1. The number of aromatic nitrogens is 2. The van der Waals surface area contributed by atoms with Crippen LogP contribution >= 0.6 is 11.6 Å². The lowest BCUT2D eigenvalue weighted by Crippen LogP contribution is -2.30. The van der Waals surface area contributed by atoms with Gasteiger partial charge in [0.25, 0.3) is 0 Å². The van der Waals surface area contributed by atoms with Crippen LogP contribution in [0.5, 0.6) is 5.75 Å². The maximum absolute atomic E-state index is 9.25. The molecule has 0 atom stereocenters. The van der Waals surface area contributed by atoms with E-state index >= 15 is 0 Å². The van der Waals surface area contributed by atoms with Gasteiger partial charge in [0.1, 0.15) is 5.75 Å². The Balaban J connectivity index is 2.40. The number of halogens is 1. The molecule has 0 radical (unpaired) electrons. The van der Waals surface area contributed by atoms with Crippen molar-refractivity contribution in [2.75, 3.05) is 7.11 Å². The minimum atomic E-state index is -1.51. The Labute approximate surface area is 122 Å². The van der Waals surface area contributed by atoms with Gasteiger partial charge >= 0.3 is 7.12 Å². The van der Waals surface area contributed by atoms with Gasteiger partial charge in [-0.25, -0.2) is 0 Å². The van der Waals surface area contributed by atoms with Crippen molar-refractivity contribution in [1.29, 1.82) is 0 Å². The first kappa shape index (κ1) is 14.9. The molecule has 106 valence electrons. The first-order valence-corrected chi connectivity index (χ1v) is 6.54. The smallest absolute Gasteiger partial charge is 0.488 e. The van der Waals surface area contributed by atoms with Gasteiger partial charge in [0, 0.05) is 5.56 Å². The van der Waals surface area contributed by atoms with Gasteiger partial charge in [-0.05, 0) is 25.4 Å². The Morgan fingerprint density at radius 3 is 2.55 bits per heavy atom. The van der Waals surface area contributed by atoms with Crippen LogP contribution in [-0.4, -0.2) is 34.1 Å². The Bertz CT molecular complexity index is 628. The lowest BCUT2D eigenvalue weighted by atomic mass is 9.79. The number of aryl methyl sites for hydroxylation is 1. The molecule has 0 aliphatic rings. The van der Waals surface area contributed by atoms with Crippen molar-refractivity contribution in [3.05, 3.63) is 40.2 Å². The second-order valence-electron chi connectivity index (χ2n) is 4.59. The van der Waals surface area contributed by atoms with Gasteiger partial charge in [-0.3, -0.25) is 4.68 Å². The molecule has 0 bridgehead atoms. The van der Waals surface area contributed by atoms with E-state index in [0.29, 0.717) is 22.8 Å². The molecule has 1 aromatic carbocycles. The molecule has 0 unspecified atom stereocenters. The van der Waals surface area contributed by atoms with Gasteiger partial charge in [-0.2, -0.15) is 5.10 Å². The highest BCUT2D eigenvalue weighted by atomic mass is 35.5. The number of rotatable bonds is 4. The summed E-state index contributed by atoms with van der Waals surface area (Å²) in [4.78, 5) is 0. The second-order valence-corrected chi connectivity index (χ2v) is 4.97. The van der Waals surface area contributed by atoms with Crippen LogP contribution in [0.3, 0.4) is 0 Å². The standard InChI is InChI=1S/C13H16BClN2O3/c1-8-13(15)9(2)17(16-8)7-10-6-11(14(18)19)4-5-12(10)20-3/h4-6,18-19H,7H2,1-3H3. The van der Waals surface area contributed by atoms with Gasteiger partial charge in [-0.15, -0.1) is 0 Å². The molecule has 0 saturated carbocycles. The van der Waals surface area contributed by atoms with E-state index < -0.39 is 7.12 Å². The van der Waals surface area contributed by atoms with Gasteiger partial charge < -0.3 is 14.8 Å². The third-order valence-electron chi connectivity index (χ3n) is 3.22.